The number of aryl methyl sites for hydroxylation is 1. The van der Waals surface area contributed by atoms with Gasteiger partial charge in [0.25, 0.3) is 0 Å². The first-order valence-electron chi connectivity index (χ1n) is 5.61. The Hall–Kier alpha value is -1.14. The lowest BCUT2D eigenvalue weighted by Gasteiger charge is -2.09. The molecule has 1 aromatic rings. The number of rotatable bonds is 6. The van der Waals surface area contributed by atoms with Crippen molar-refractivity contribution in [2.24, 2.45) is 0 Å². The van der Waals surface area contributed by atoms with Crippen LogP contribution in [0.5, 0.6) is 0 Å². The second-order valence-corrected chi connectivity index (χ2v) is 4.98. The van der Waals surface area contributed by atoms with Crippen LogP contribution in [0, 0.1) is 18.3 Å². The van der Waals surface area contributed by atoms with Crippen molar-refractivity contribution in [1.29, 1.82) is 5.26 Å². The Labute approximate surface area is 102 Å². The zero-order valence-corrected chi connectivity index (χ0v) is 10.7. The van der Waals surface area contributed by atoms with Gasteiger partial charge in [-0.1, -0.05) is 19.1 Å². The van der Waals surface area contributed by atoms with Gasteiger partial charge in [-0.25, -0.2) is 0 Å². The van der Waals surface area contributed by atoms with Crippen LogP contribution >= 0.6 is 11.8 Å². The lowest BCUT2D eigenvalue weighted by molar-refractivity contribution is 0.990. The number of hydrogen-bond donors (Lipinski definition) is 1. The van der Waals surface area contributed by atoms with E-state index in [1.54, 1.807) is 0 Å². The smallest absolute Gasteiger partial charge is 0.102 e. The number of nitriles is 1. The van der Waals surface area contributed by atoms with Gasteiger partial charge in [-0.05, 0) is 36.5 Å². The van der Waals surface area contributed by atoms with Crippen molar-refractivity contribution in [3.63, 3.8) is 0 Å². The van der Waals surface area contributed by atoms with E-state index < -0.39 is 0 Å². The molecule has 0 aromatic heterocycles. The second-order valence-electron chi connectivity index (χ2n) is 3.59. The number of thioether (sulfide) groups is 1. The Morgan fingerprint density at radius 3 is 2.94 bits per heavy atom. The molecule has 0 heterocycles. The van der Waals surface area contributed by atoms with Crippen LogP contribution in [-0.4, -0.2) is 18.1 Å². The highest BCUT2D eigenvalue weighted by Gasteiger charge is 2.03. The normalized spacial score (nSPS) is 9.81. The summed E-state index contributed by atoms with van der Waals surface area (Å²) < 4.78 is 0. The van der Waals surface area contributed by atoms with E-state index in [1.807, 2.05) is 36.9 Å². The molecule has 0 atom stereocenters. The van der Waals surface area contributed by atoms with Gasteiger partial charge in [-0.2, -0.15) is 17.0 Å². The van der Waals surface area contributed by atoms with Gasteiger partial charge in [0.05, 0.1) is 11.3 Å². The lowest BCUT2D eigenvalue weighted by Crippen LogP contribution is -2.05. The van der Waals surface area contributed by atoms with Crippen molar-refractivity contribution < 1.29 is 0 Å². The van der Waals surface area contributed by atoms with Crippen molar-refractivity contribution >= 4 is 17.4 Å². The summed E-state index contributed by atoms with van der Waals surface area (Å²) in [7, 11) is 0. The number of nitrogens with zero attached hydrogens (tertiary/aromatic N) is 1. The Kier molecular flexibility index (Phi) is 5.81. The molecule has 0 unspecified atom stereocenters. The summed E-state index contributed by atoms with van der Waals surface area (Å²) in [5, 5.41) is 12.4. The molecule has 16 heavy (non-hydrogen) atoms. The van der Waals surface area contributed by atoms with E-state index in [9.17, 15) is 0 Å². The van der Waals surface area contributed by atoms with Crippen LogP contribution in [-0.2, 0) is 0 Å². The summed E-state index contributed by atoms with van der Waals surface area (Å²) in [6.45, 7) is 5.08. The molecule has 0 aliphatic carbocycles. The minimum atomic E-state index is 0.769. The van der Waals surface area contributed by atoms with Crippen LogP contribution in [0.1, 0.15) is 24.5 Å². The first kappa shape index (κ1) is 12.9. The zero-order valence-electron chi connectivity index (χ0n) is 9.92. The van der Waals surface area contributed by atoms with Gasteiger partial charge in [0.2, 0.25) is 0 Å². The van der Waals surface area contributed by atoms with Gasteiger partial charge in [-0.3, -0.25) is 0 Å². The van der Waals surface area contributed by atoms with Crippen molar-refractivity contribution in [2.75, 3.05) is 23.4 Å². The molecule has 1 aromatic carbocycles. The van der Waals surface area contributed by atoms with Gasteiger partial charge >= 0.3 is 0 Å². The van der Waals surface area contributed by atoms with E-state index in [2.05, 4.69) is 18.3 Å². The molecule has 0 aliphatic rings. The van der Waals surface area contributed by atoms with Gasteiger partial charge < -0.3 is 5.32 Å². The number of hydrogen-bond acceptors (Lipinski definition) is 3. The first-order valence-corrected chi connectivity index (χ1v) is 6.76. The largest absolute Gasteiger partial charge is 0.384 e. The van der Waals surface area contributed by atoms with E-state index in [0.717, 1.165) is 29.8 Å². The fourth-order valence-corrected chi connectivity index (χ4v) is 2.14. The summed E-state index contributed by atoms with van der Waals surface area (Å²) in [5.41, 5.74) is 2.77. The molecule has 0 bridgehead atoms. The molecule has 2 nitrogen and oxygen atoms in total. The fraction of sp³-hybridized carbons (Fsp3) is 0.462. The highest BCUT2D eigenvalue weighted by molar-refractivity contribution is 7.99. The molecule has 86 valence electrons. The molecular formula is C13H18N2S. The molecule has 0 aliphatic heterocycles. The molecule has 0 spiro atoms. The molecule has 0 saturated heterocycles. The fourth-order valence-electron chi connectivity index (χ4n) is 1.51. The third-order valence-corrected chi connectivity index (χ3v) is 3.36. The van der Waals surface area contributed by atoms with E-state index in [1.165, 1.54) is 11.5 Å². The predicted molar refractivity (Wildman–Crippen MR) is 72.0 cm³/mol. The zero-order chi connectivity index (χ0) is 11.8. The highest BCUT2D eigenvalue weighted by atomic mass is 32.2. The molecule has 1 rings (SSSR count). The van der Waals surface area contributed by atoms with Crippen LogP contribution in [0.15, 0.2) is 18.2 Å². The van der Waals surface area contributed by atoms with Gasteiger partial charge in [0, 0.05) is 6.54 Å². The van der Waals surface area contributed by atoms with E-state index in [4.69, 9.17) is 5.26 Å². The van der Waals surface area contributed by atoms with Gasteiger partial charge in [0.15, 0.2) is 0 Å². The van der Waals surface area contributed by atoms with Crippen LogP contribution < -0.4 is 5.32 Å². The second kappa shape index (κ2) is 7.19. The topological polar surface area (TPSA) is 35.8 Å². The van der Waals surface area contributed by atoms with E-state index >= 15 is 0 Å². The minimum absolute atomic E-state index is 0.769. The van der Waals surface area contributed by atoms with Crippen LogP contribution in [0.3, 0.4) is 0 Å². The Bertz CT molecular complexity index is 369. The Morgan fingerprint density at radius 2 is 2.25 bits per heavy atom. The minimum Gasteiger partial charge on any atom is -0.384 e. The molecule has 3 heteroatoms. The quantitative estimate of drug-likeness (QED) is 0.766. The maximum atomic E-state index is 9.05. The molecule has 0 amide bonds. The maximum Gasteiger partial charge on any atom is 0.102 e. The highest BCUT2D eigenvalue weighted by Crippen LogP contribution is 2.18. The number of benzene rings is 1. The Morgan fingerprint density at radius 1 is 1.44 bits per heavy atom. The van der Waals surface area contributed by atoms with E-state index in [0.29, 0.717) is 0 Å². The van der Waals surface area contributed by atoms with Gasteiger partial charge in [0.1, 0.15) is 6.07 Å². The van der Waals surface area contributed by atoms with E-state index in [-0.39, 0.29) is 0 Å². The number of nitrogens with one attached hydrogen (secondary N) is 1. The van der Waals surface area contributed by atoms with Crippen molar-refractivity contribution in [1.82, 2.24) is 0 Å². The first-order chi connectivity index (χ1) is 7.79. The standard InChI is InChI=1S/C13H18N2S/c1-3-16-9-5-8-15-13-7-4-6-11(2)12(13)10-14/h4,6-7,15H,3,5,8-9H2,1-2H3. The molecular weight excluding hydrogens is 216 g/mol. The average Bonchev–Trinajstić information content (AvgIpc) is 2.29. The summed E-state index contributed by atoms with van der Waals surface area (Å²) in [6.07, 6.45) is 1.14. The summed E-state index contributed by atoms with van der Waals surface area (Å²) in [6, 6.07) is 8.17. The van der Waals surface area contributed by atoms with Gasteiger partial charge in [-0.15, -0.1) is 0 Å². The summed E-state index contributed by atoms with van der Waals surface area (Å²) >= 11 is 1.95. The molecule has 0 fully saturated rings. The van der Waals surface area contributed by atoms with Crippen LogP contribution in [0.4, 0.5) is 5.69 Å². The summed E-state index contributed by atoms with van der Waals surface area (Å²) in [4.78, 5) is 0. The van der Waals surface area contributed by atoms with Crippen molar-refractivity contribution in [2.45, 2.75) is 20.3 Å². The third-order valence-electron chi connectivity index (χ3n) is 2.37. The third kappa shape index (κ3) is 3.79. The predicted octanol–water partition coefficient (Wildman–Crippen LogP) is 3.42. The number of anilines is 1. The molecule has 1 N–H and O–H groups in total. The van der Waals surface area contributed by atoms with Crippen LogP contribution in [0.2, 0.25) is 0 Å². The maximum absolute atomic E-state index is 9.05. The van der Waals surface area contributed by atoms with Crippen molar-refractivity contribution in [3.8, 4) is 6.07 Å². The monoisotopic (exact) mass is 234 g/mol. The lowest BCUT2D eigenvalue weighted by atomic mass is 10.1. The SMILES string of the molecule is CCSCCCNc1cccc(C)c1C#N. The average molecular weight is 234 g/mol. The van der Waals surface area contributed by atoms with Crippen molar-refractivity contribution in [3.05, 3.63) is 29.3 Å². The molecule has 0 radical (unpaired) electrons. The summed E-state index contributed by atoms with van der Waals surface area (Å²) in [5.74, 6) is 2.35. The molecule has 0 saturated carbocycles. The Balaban J connectivity index is 2.48. The van der Waals surface area contributed by atoms with Crippen LogP contribution in [0.25, 0.3) is 0 Å².